The number of aliphatic hydroxyl groups is 2. The first kappa shape index (κ1) is 20.8. The zero-order chi connectivity index (χ0) is 22.0. The van der Waals surface area contributed by atoms with Crippen LogP contribution < -0.4 is 11.1 Å². The molecule has 2 unspecified atom stereocenters. The van der Waals surface area contributed by atoms with Crippen LogP contribution in [0.5, 0.6) is 0 Å². The van der Waals surface area contributed by atoms with E-state index >= 15 is 0 Å². The van der Waals surface area contributed by atoms with E-state index in [1.54, 1.807) is 12.1 Å². The Bertz CT molecular complexity index is 1040. The van der Waals surface area contributed by atoms with E-state index in [9.17, 15) is 15.0 Å². The largest absolute Gasteiger partial charge is 0.449 e. The number of fused-ring (bicyclic) bond motifs is 3. The van der Waals surface area contributed by atoms with Gasteiger partial charge in [-0.05, 0) is 46.9 Å². The topological polar surface area (TPSA) is 118 Å². The molecule has 7 heteroatoms. The lowest BCUT2D eigenvalue weighted by molar-refractivity contribution is 0.0161. The van der Waals surface area contributed by atoms with E-state index in [-0.39, 0.29) is 30.6 Å². The molecule has 31 heavy (non-hydrogen) atoms. The molecule has 0 aliphatic heterocycles. The van der Waals surface area contributed by atoms with Crippen LogP contribution in [-0.2, 0) is 4.74 Å². The van der Waals surface area contributed by atoms with E-state index in [2.05, 4.69) is 22.4 Å². The molecule has 2 atom stereocenters. The van der Waals surface area contributed by atoms with Crippen molar-refractivity contribution in [1.29, 1.82) is 0 Å². The number of ether oxygens (including phenoxy) is 1. The Labute approximate surface area is 180 Å². The van der Waals surface area contributed by atoms with E-state index in [0.29, 0.717) is 0 Å². The Hall–Kier alpha value is -3.42. The third-order valence-corrected chi connectivity index (χ3v) is 5.48. The second kappa shape index (κ2) is 8.75. The SMILES string of the molecule is Cc1cc(N)nc(C(O)C(O)CNC(=O)OCC2c3ccccc3-c3ccccc32)c1. The number of carbonyl (C=O) groups is 1. The van der Waals surface area contributed by atoms with Crippen molar-refractivity contribution < 1.29 is 19.7 Å². The number of rotatable bonds is 6. The van der Waals surface area contributed by atoms with Gasteiger partial charge in [-0.25, -0.2) is 9.78 Å². The van der Waals surface area contributed by atoms with Crippen molar-refractivity contribution in [1.82, 2.24) is 10.3 Å². The summed E-state index contributed by atoms with van der Waals surface area (Å²) in [5.41, 5.74) is 11.3. The van der Waals surface area contributed by atoms with Gasteiger partial charge in [0.05, 0.1) is 5.69 Å². The summed E-state index contributed by atoms with van der Waals surface area (Å²) in [6, 6.07) is 19.5. The quantitative estimate of drug-likeness (QED) is 0.488. The van der Waals surface area contributed by atoms with Gasteiger partial charge in [-0.2, -0.15) is 0 Å². The monoisotopic (exact) mass is 419 g/mol. The number of aliphatic hydroxyl groups excluding tert-OH is 2. The number of aryl methyl sites for hydroxylation is 1. The summed E-state index contributed by atoms with van der Waals surface area (Å²) in [5, 5.41) is 23.1. The van der Waals surface area contributed by atoms with E-state index in [1.165, 1.54) is 0 Å². The van der Waals surface area contributed by atoms with Gasteiger partial charge in [0.15, 0.2) is 0 Å². The normalized spacial score (nSPS) is 14.4. The number of benzene rings is 2. The molecular weight excluding hydrogens is 394 g/mol. The number of hydrogen-bond acceptors (Lipinski definition) is 6. The minimum absolute atomic E-state index is 0.0480. The van der Waals surface area contributed by atoms with Gasteiger partial charge >= 0.3 is 6.09 Å². The molecule has 1 amide bonds. The first-order valence-corrected chi connectivity index (χ1v) is 10.1. The zero-order valence-electron chi connectivity index (χ0n) is 17.2. The number of nitrogens with zero attached hydrogens (tertiary/aromatic N) is 1. The summed E-state index contributed by atoms with van der Waals surface area (Å²) in [7, 11) is 0. The average molecular weight is 419 g/mol. The second-order valence-corrected chi connectivity index (χ2v) is 7.71. The van der Waals surface area contributed by atoms with Gasteiger partial charge in [0.2, 0.25) is 0 Å². The Kier molecular flexibility index (Phi) is 5.88. The maximum atomic E-state index is 12.2. The first-order chi connectivity index (χ1) is 14.9. The van der Waals surface area contributed by atoms with E-state index in [0.717, 1.165) is 27.8 Å². The van der Waals surface area contributed by atoms with Crippen molar-refractivity contribution in [2.24, 2.45) is 0 Å². The number of nitrogens with two attached hydrogens (primary N) is 1. The highest BCUT2D eigenvalue weighted by molar-refractivity contribution is 5.79. The van der Waals surface area contributed by atoms with Crippen LogP contribution in [0.4, 0.5) is 10.6 Å². The molecular formula is C24H25N3O4. The van der Waals surface area contributed by atoms with Crippen LogP contribution in [0, 0.1) is 6.92 Å². The molecule has 7 nitrogen and oxygen atoms in total. The molecule has 0 saturated carbocycles. The molecule has 1 heterocycles. The van der Waals surface area contributed by atoms with Gasteiger partial charge in [0, 0.05) is 12.5 Å². The van der Waals surface area contributed by atoms with Crippen molar-refractivity contribution >= 4 is 11.9 Å². The van der Waals surface area contributed by atoms with Crippen LogP contribution >= 0.6 is 0 Å². The Morgan fingerprint density at radius 1 is 1.10 bits per heavy atom. The summed E-state index contributed by atoms with van der Waals surface area (Å²) in [5.74, 6) is 0.207. The van der Waals surface area contributed by atoms with Crippen LogP contribution in [0.25, 0.3) is 11.1 Å². The number of nitrogens with one attached hydrogen (secondary N) is 1. The van der Waals surface area contributed by atoms with Crippen molar-refractivity contribution in [3.05, 3.63) is 83.0 Å². The number of nitrogen functional groups attached to an aromatic ring is 1. The summed E-state index contributed by atoms with van der Waals surface area (Å²) in [6.45, 7) is 1.80. The zero-order valence-corrected chi connectivity index (χ0v) is 17.2. The van der Waals surface area contributed by atoms with Crippen LogP contribution in [0.3, 0.4) is 0 Å². The number of pyridine rings is 1. The number of amides is 1. The molecule has 4 rings (SSSR count). The molecule has 0 bridgehead atoms. The lowest BCUT2D eigenvalue weighted by Gasteiger charge is -2.19. The molecule has 160 valence electrons. The smallest absolute Gasteiger partial charge is 0.407 e. The fourth-order valence-electron chi connectivity index (χ4n) is 4.02. The van der Waals surface area contributed by atoms with Gasteiger partial charge in [0.1, 0.15) is 24.6 Å². The van der Waals surface area contributed by atoms with Crippen molar-refractivity contribution in [2.75, 3.05) is 18.9 Å². The van der Waals surface area contributed by atoms with Crippen molar-refractivity contribution in [3.63, 3.8) is 0 Å². The summed E-state index contributed by atoms with van der Waals surface area (Å²) >= 11 is 0. The molecule has 3 aromatic rings. The number of alkyl carbamates (subject to hydrolysis) is 1. The van der Waals surface area contributed by atoms with Gasteiger partial charge in [-0.1, -0.05) is 48.5 Å². The van der Waals surface area contributed by atoms with Gasteiger partial charge in [-0.3, -0.25) is 0 Å². The van der Waals surface area contributed by atoms with Gasteiger partial charge in [-0.15, -0.1) is 0 Å². The molecule has 0 fully saturated rings. The van der Waals surface area contributed by atoms with Crippen LogP contribution in [0.15, 0.2) is 60.7 Å². The average Bonchev–Trinajstić information content (AvgIpc) is 3.08. The Balaban J connectivity index is 1.35. The molecule has 0 saturated heterocycles. The van der Waals surface area contributed by atoms with Crippen LogP contribution in [0.2, 0.25) is 0 Å². The predicted molar refractivity (Wildman–Crippen MR) is 117 cm³/mol. The van der Waals surface area contributed by atoms with Gasteiger partial charge in [0.25, 0.3) is 0 Å². The van der Waals surface area contributed by atoms with Crippen molar-refractivity contribution in [2.45, 2.75) is 25.0 Å². The number of carbonyl (C=O) groups excluding carboxylic acids is 1. The molecule has 2 aromatic carbocycles. The Morgan fingerprint density at radius 2 is 1.71 bits per heavy atom. The van der Waals surface area contributed by atoms with Crippen LogP contribution in [-0.4, -0.2) is 40.5 Å². The van der Waals surface area contributed by atoms with Gasteiger partial charge < -0.3 is 26.0 Å². The molecule has 1 aliphatic rings. The Morgan fingerprint density at radius 3 is 2.32 bits per heavy atom. The highest BCUT2D eigenvalue weighted by Gasteiger charge is 2.29. The molecule has 1 aromatic heterocycles. The summed E-state index contributed by atoms with van der Waals surface area (Å²) in [6.07, 6.45) is -3.20. The van der Waals surface area contributed by atoms with Crippen LogP contribution in [0.1, 0.15) is 34.4 Å². The second-order valence-electron chi connectivity index (χ2n) is 7.71. The van der Waals surface area contributed by atoms with E-state index in [4.69, 9.17) is 10.5 Å². The lowest BCUT2D eigenvalue weighted by Crippen LogP contribution is -2.36. The standard InChI is InChI=1S/C24H25N3O4/c1-14-10-20(27-22(25)11-14)23(29)21(28)12-26-24(30)31-13-19-17-8-4-2-6-15(17)16-7-3-5-9-18(16)19/h2-11,19,21,23,28-29H,12-13H2,1H3,(H2,25,27)(H,26,30). The fourth-order valence-corrected chi connectivity index (χ4v) is 4.02. The summed E-state index contributed by atoms with van der Waals surface area (Å²) < 4.78 is 5.44. The maximum absolute atomic E-state index is 12.2. The van der Waals surface area contributed by atoms with Crippen molar-refractivity contribution in [3.8, 4) is 11.1 Å². The summed E-state index contributed by atoms with van der Waals surface area (Å²) in [4.78, 5) is 16.3. The highest BCUT2D eigenvalue weighted by atomic mass is 16.5. The molecule has 0 radical (unpaired) electrons. The minimum Gasteiger partial charge on any atom is -0.449 e. The highest BCUT2D eigenvalue weighted by Crippen LogP contribution is 2.44. The van der Waals surface area contributed by atoms with E-state index < -0.39 is 18.3 Å². The maximum Gasteiger partial charge on any atom is 0.407 e. The molecule has 5 N–H and O–H groups in total. The number of hydrogen-bond donors (Lipinski definition) is 4. The first-order valence-electron chi connectivity index (χ1n) is 10.1. The third kappa shape index (κ3) is 4.38. The fraction of sp³-hybridized carbons (Fsp3) is 0.250. The van der Waals surface area contributed by atoms with E-state index in [1.807, 2.05) is 43.3 Å². The number of anilines is 1. The predicted octanol–water partition coefficient (Wildman–Crippen LogP) is 2.91. The molecule has 0 spiro atoms. The lowest BCUT2D eigenvalue weighted by atomic mass is 9.98. The third-order valence-electron chi connectivity index (χ3n) is 5.48. The number of aromatic nitrogens is 1. The minimum atomic E-state index is -1.28. The molecule has 1 aliphatic carbocycles.